The van der Waals surface area contributed by atoms with E-state index in [0.717, 1.165) is 18.6 Å². The Kier molecular flexibility index (Phi) is 8.77. The van der Waals surface area contributed by atoms with Crippen LogP contribution in [0.1, 0.15) is 95.0 Å². The molecule has 10 heteroatoms. The SMILES string of the molecule is COCCCN(C[C@]1(O)CC[C@H]2[C@]34C=C[C@@]5(C=C3C(=O)c3cccc(C(F)(F)F)c3)CC(O)CC[C@]5(C)[C@H]4CC[C@@]21C)C(=O)NC(C)C. The molecule has 0 saturated heterocycles. The normalized spacial score (nSPS) is 38.2. The minimum atomic E-state index is -4.59. The topological polar surface area (TPSA) is 99.1 Å². The molecule has 7 nitrogen and oxygen atoms in total. The Morgan fingerprint density at radius 2 is 1.75 bits per heavy atom. The van der Waals surface area contributed by atoms with Crippen molar-refractivity contribution in [1.29, 1.82) is 0 Å². The number of benzene rings is 1. The van der Waals surface area contributed by atoms with Gasteiger partial charge in [0.25, 0.3) is 0 Å². The number of aliphatic hydroxyl groups is 2. The van der Waals surface area contributed by atoms with Crippen LogP contribution in [0.3, 0.4) is 0 Å². The van der Waals surface area contributed by atoms with E-state index in [1.807, 2.05) is 19.9 Å². The standard InChI is InChI=1S/C38H51F3N2O5/c1-24(2)42-32(46)43(18-7-19-48-5)23-36(47)15-12-30-34(36,4)14-11-29-33(3)13-10-27(44)21-35(33)16-17-37(29,30)28(22-35)31(45)25-8-6-9-26(20-25)38(39,40)41/h6,8-9,16-17,20,22,24,27,29-30,44,47H,7,10-15,18-19,21,23H2,1-5H3,(H,42,46)/t27?,29-,30-,33-,34+,35+,36-,37-/m1/s1. The summed E-state index contributed by atoms with van der Waals surface area (Å²) in [6, 6.07) is 4.34. The minimum Gasteiger partial charge on any atom is -0.393 e. The van der Waals surface area contributed by atoms with E-state index in [1.165, 1.54) is 12.1 Å². The first-order chi connectivity index (χ1) is 22.5. The van der Waals surface area contributed by atoms with Crippen molar-refractivity contribution in [2.45, 2.75) is 103 Å². The van der Waals surface area contributed by atoms with E-state index >= 15 is 0 Å². The molecule has 8 atom stereocenters. The predicted molar refractivity (Wildman–Crippen MR) is 176 cm³/mol. The number of ether oxygens (including phenoxy) is 1. The van der Waals surface area contributed by atoms with E-state index in [0.29, 0.717) is 63.7 Å². The van der Waals surface area contributed by atoms with E-state index in [9.17, 15) is 33.0 Å². The van der Waals surface area contributed by atoms with Gasteiger partial charge in [0.15, 0.2) is 5.78 Å². The number of Topliss-reactive ketones (excluding diaryl/α,β-unsaturated/α-hetero) is 1. The van der Waals surface area contributed by atoms with Crippen molar-refractivity contribution in [1.82, 2.24) is 10.2 Å². The summed E-state index contributed by atoms with van der Waals surface area (Å²) in [5.41, 5.74) is -4.02. The number of urea groups is 1. The fourth-order valence-electron chi connectivity index (χ4n) is 10.9. The van der Waals surface area contributed by atoms with Gasteiger partial charge >= 0.3 is 12.2 Å². The van der Waals surface area contributed by atoms with Crippen molar-refractivity contribution in [3.63, 3.8) is 0 Å². The van der Waals surface area contributed by atoms with E-state index < -0.39 is 45.5 Å². The maximum absolute atomic E-state index is 14.7. The summed E-state index contributed by atoms with van der Waals surface area (Å²) in [5.74, 6) is -0.615. The van der Waals surface area contributed by atoms with Gasteiger partial charge in [0, 0.05) is 53.7 Å². The third-order valence-electron chi connectivity index (χ3n) is 13.3. The van der Waals surface area contributed by atoms with Gasteiger partial charge in [-0.05, 0) is 94.6 Å². The number of aliphatic hydroxyl groups excluding tert-OH is 1. The summed E-state index contributed by atoms with van der Waals surface area (Å²) < 4.78 is 46.7. The zero-order valence-corrected chi connectivity index (χ0v) is 28.8. The lowest BCUT2D eigenvalue weighted by Crippen LogP contribution is -2.67. The molecule has 2 bridgehead atoms. The number of carbonyl (C=O) groups is 2. The number of nitrogens with one attached hydrogen (secondary N) is 1. The molecule has 6 aliphatic carbocycles. The first-order valence-corrected chi connectivity index (χ1v) is 17.6. The molecule has 48 heavy (non-hydrogen) atoms. The number of hydrogen-bond donors (Lipinski definition) is 3. The highest BCUT2D eigenvalue weighted by Crippen LogP contribution is 2.78. The summed E-state index contributed by atoms with van der Waals surface area (Å²) in [4.78, 5) is 29.8. The van der Waals surface area contributed by atoms with E-state index in [-0.39, 0.29) is 41.4 Å². The number of fused-ring (bicyclic) bond motifs is 1. The Bertz CT molecular complexity index is 1510. The van der Waals surface area contributed by atoms with Crippen molar-refractivity contribution < 1.29 is 37.7 Å². The number of halogens is 3. The number of amides is 2. The lowest BCUT2D eigenvalue weighted by molar-refractivity contribution is -0.174. The van der Waals surface area contributed by atoms with Crippen molar-refractivity contribution in [2.24, 2.45) is 33.5 Å². The summed E-state index contributed by atoms with van der Waals surface area (Å²) in [6.45, 7) is 9.15. The van der Waals surface area contributed by atoms with Crippen LogP contribution in [0.4, 0.5) is 18.0 Å². The fraction of sp³-hybridized carbons (Fsp3) is 0.684. The summed E-state index contributed by atoms with van der Waals surface area (Å²) in [6.07, 6.45) is 6.10. The zero-order chi connectivity index (χ0) is 34.9. The third-order valence-corrected chi connectivity index (χ3v) is 13.3. The van der Waals surface area contributed by atoms with Crippen LogP contribution in [0.5, 0.6) is 0 Å². The Morgan fingerprint density at radius 1 is 1.06 bits per heavy atom. The third kappa shape index (κ3) is 5.18. The Balaban J connectivity index is 1.44. The van der Waals surface area contributed by atoms with Crippen LogP contribution >= 0.6 is 0 Å². The first kappa shape index (κ1) is 35.1. The molecule has 6 aliphatic rings. The van der Waals surface area contributed by atoms with Gasteiger partial charge < -0.3 is 25.2 Å². The van der Waals surface area contributed by atoms with Crippen LogP contribution in [0.2, 0.25) is 0 Å². The van der Waals surface area contributed by atoms with Crippen LogP contribution in [0.25, 0.3) is 0 Å². The highest BCUT2D eigenvalue weighted by Gasteiger charge is 2.74. The lowest BCUT2D eigenvalue weighted by atomic mass is 9.32. The Morgan fingerprint density at radius 3 is 2.44 bits per heavy atom. The van der Waals surface area contributed by atoms with Gasteiger partial charge in [-0.25, -0.2) is 4.79 Å². The monoisotopic (exact) mass is 672 g/mol. The molecule has 0 aromatic heterocycles. The molecule has 0 heterocycles. The number of carbonyl (C=O) groups excluding carboxylic acids is 2. The summed E-state index contributed by atoms with van der Waals surface area (Å²) >= 11 is 0. The molecular formula is C38H51F3N2O5. The van der Waals surface area contributed by atoms with Crippen molar-refractivity contribution in [3.8, 4) is 0 Å². The second-order valence-electron chi connectivity index (χ2n) is 16.1. The number of allylic oxidation sites excluding steroid dienone is 4. The maximum Gasteiger partial charge on any atom is 0.416 e. The molecular weight excluding hydrogens is 621 g/mol. The molecule has 0 radical (unpaired) electrons. The van der Waals surface area contributed by atoms with E-state index in [2.05, 4.69) is 31.3 Å². The minimum absolute atomic E-state index is 0.000260. The van der Waals surface area contributed by atoms with Gasteiger partial charge in [0.05, 0.1) is 23.8 Å². The van der Waals surface area contributed by atoms with Crippen molar-refractivity contribution in [2.75, 3.05) is 26.8 Å². The van der Waals surface area contributed by atoms with Crippen LogP contribution in [-0.2, 0) is 10.9 Å². The molecule has 264 valence electrons. The van der Waals surface area contributed by atoms with Crippen molar-refractivity contribution >= 4 is 11.8 Å². The Hall–Kier alpha value is -2.69. The number of nitrogens with zero attached hydrogens (tertiary/aromatic N) is 1. The predicted octanol–water partition coefficient (Wildman–Crippen LogP) is 6.94. The number of rotatable bonds is 9. The summed E-state index contributed by atoms with van der Waals surface area (Å²) in [7, 11) is 1.61. The molecule has 2 spiro atoms. The van der Waals surface area contributed by atoms with Gasteiger partial charge in [-0.3, -0.25) is 4.79 Å². The number of methoxy groups -OCH3 is 1. The van der Waals surface area contributed by atoms with Gasteiger partial charge in [0.1, 0.15) is 0 Å². The molecule has 3 fully saturated rings. The second-order valence-corrected chi connectivity index (χ2v) is 16.1. The van der Waals surface area contributed by atoms with E-state index in [1.54, 1.807) is 12.0 Å². The van der Waals surface area contributed by atoms with Gasteiger partial charge in [-0.15, -0.1) is 0 Å². The molecule has 0 aliphatic heterocycles. The first-order valence-electron chi connectivity index (χ1n) is 17.6. The van der Waals surface area contributed by atoms with Crippen LogP contribution < -0.4 is 5.32 Å². The molecule has 1 aromatic rings. The molecule has 1 aromatic carbocycles. The highest BCUT2D eigenvalue weighted by atomic mass is 19.4. The maximum atomic E-state index is 14.7. The molecule has 3 saturated carbocycles. The summed E-state index contributed by atoms with van der Waals surface area (Å²) in [5, 5.41) is 26.6. The average molecular weight is 673 g/mol. The average Bonchev–Trinajstić information content (AvgIpc) is 3.29. The number of hydrogen-bond acceptors (Lipinski definition) is 5. The quantitative estimate of drug-likeness (QED) is 0.150. The highest BCUT2D eigenvalue weighted by molar-refractivity contribution is 6.10. The van der Waals surface area contributed by atoms with Gasteiger partial charge in [-0.2, -0.15) is 13.2 Å². The molecule has 1 unspecified atom stereocenters. The van der Waals surface area contributed by atoms with Crippen molar-refractivity contribution in [3.05, 3.63) is 59.2 Å². The lowest BCUT2D eigenvalue weighted by Gasteiger charge is -2.71. The van der Waals surface area contributed by atoms with Crippen LogP contribution in [0, 0.1) is 33.5 Å². The molecule has 7 rings (SSSR count). The molecule has 2 amide bonds. The number of alkyl halides is 3. The fourth-order valence-corrected chi connectivity index (χ4v) is 10.9. The largest absolute Gasteiger partial charge is 0.416 e. The van der Waals surface area contributed by atoms with Crippen LogP contribution in [0.15, 0.2) is 48.1 Å². The smallest absolute Gasteiger partial charge is 0.393 e. The number of ketones is 1. The second kappa shape index (κ2) is 12.0. The Labute approximate surface area is 282 Å². The van der Waals surface area contributed by atoms with E-state index in [4.69, 9.17) is 4.74 Å². The van der Waals surface area contributed by atoms with Gasteiger partial charge in [-0.1, -0.05) is 44.2 Å². The van der Waals surface area contributed by atoms with Crippen LogP contribution in [-0.4, -0.2) is 71.5 Å². The zero-order valence-electron chi connectivity index (χ0n) is 28.8. The van der Waals surface area contributed by atoms with Gasteiger partial charge in [0.2, 0.25) is 0 Å². The molecule has 3 N–H and O–H groups in total.